The molecule has 8 nitrogen and oxygen atoms in total. The lowest BCUT2D eigenvalue weighted by Gasteiger charge is -2.05. The van der Waals surface area contributed by atoms with E-state index in [4.69, 9.17) is 0 Å². The second-order valence-corrected chi connectivity index (χ2v) is 5.92. The van der Waals surface area contributed by atoms with E-state index in [1.54, 1.807) is 24.3 Å². The van der Waals surface area contributed by atoms with Crippen LogP contribution in [-0.4, -0.2) is 25.8 Å². The Kier molecular flexibility index (Phi) is 3.85. The first-order valence-corrected chi connectivity index (χ1v) is 8.08. The van der Waals surface area contributed by atoms with Gasteiger partial charge in [0.1, 0.15) is 5.69 Å². The summed E-state index contributed by atoms with van der Waals surface area (Å²) < 4.78 is 0. The molecule has 0 atom stereocenters. The quantitative estimate of drug-likeness (QED) is 0.447. The fourth-order valence-electron chi connectivity index (χ4n) is 2.80. The van der Waals surface area contributed by atoms with E-state index in [2.05, 4.69) is 25.3 Å². The summed E-state index contributed by atoms with van der Waals surface area (Å²) in [6, 6.07) is 12.3. The molecule has 0 saturated heterocycles. The number of imidazole rings is 1. The normalized spacial score (nSPS) is 11.1. The van der Waals surface area contributed by atoms with E-state index in [0.717, 1.165) is 0 Å². The topological polar surface area (TPSA) is 123 Å². The Balaban J connectivity index is 1.47. The van der Waals surface area contributed by atoms with Crippen molar-refractivity contribution < 1.29 is 4.79 Å². The smallest absolute Gasteiger partial charge is 0.323 e. The van der Waals surface area contributed by atoms with Crippen LogP contribution in [0.2, 0.25) is 0 Å². The number of carbonyl (C=O) groups is 1. The number of aromatic nitrogens is 4. The maximum Gasteiger partial charge on any atom is 0.323 e. The van der Waals surface area contributed by atoms with E-state index in [9.17, 15) is 14.4 Å². The third-order valence-corrected chi connectivity index (χ3v) is 4.06. The van der Waals surface area contributed by atoms with Gasteiger partial charge in [0.25, 0.3) is 5.56 Å². The van der Waals surface area contributed by atoms with Crippen molar-refractivity contribution in [2.24, 2.45) is 0 Å². The highest BCUT2D eigenvalue weighted by molar-refractivity contribution is 5.93. The Labute approximate surface area is 146 Å². The van der Waals surface area contributed by atoms with Gasteiger partial charge in [0.2, 0.25) is 5.91 Å². The van der Waals surface area contributed by atoms with Crippen LogP contribution in [0.25, 0.3) is 22.1 Å². The molecule has 0 spiro atoms. The fraction of sp³-hybridized carbons (Fsp3) is 0.111. The number of anilines is 1. The number of fused-ring (bicyclic) bond motifs is 2. The standard InChI is InChI=1S/C18H15N5O3/c24-16(19-10-5-6-13-15(9-10)23-18(26)22-13)8-7-14-17(25)21-12-4-2-1-3-11(12)20-14/h1-6,9H,7-8H2,(H,19,24)(H,21,25)(H2,22,23,26). The van der Waals surface area contributed by atoms with Crippen molar-refractivity contribution in [2.45, 2.75) is 12.8 Å². The molecule has 2 heterocycles. The number of H-pyrrole nitrogens is 3. The molecule has 26 heavy (non-hydrogen) atoms. The molecule has 0 fully saturated rings. The van der Waals surface area contributed by atoms with E-state index >= 15 is 0 Å². The first-order valence-electron chi connectivity index (χ1n) is 8.08. The van der Waals surface area contributed by atoms with Gasteiger partial charge < -0.3 is 20.3 Å². The largest absolute Gasteiger partial charge is 0.326 e. The van der Waals surface area contributed by atoms with E-state index in [0.29, 0.717) is 33.4 Å². The Hall–Kier alpha value is -3.68. The zero-order valence-corrected chi connectivity index (χ0v) is 13.6. The Bertz CT molecular complexity index is 1230. The molecule has 2 aromatic heterocycles. The Morgan fingerprint density at radius 3 is 2.65 bits per heavy atom. The Morgan fingerprint density at radius 1 is 0.962 bits per heavy atom. The lowest BCUT2D eigenvalue weighted by Crippen LogP contribution is -2.19. The average molecular weight is 349 g/mol. The van der Waals surface area contributed by atoms with Gasteiger partial charge in [-0.15, -0.1) is 0 Å². The molecule has 2 aromatic carbocycles. The summed E-state index contributed by atoms with van der Waals surface area (Å²) in [5.74, 6) is -0.239. The monoisotopic (exact) mass is 349 g/mol. The van der Waals surface area contributed by atoms with Crippen molar-refractivity contribution in [3.05, 3.63) is 69.0 Å². The zero-order valence-electron chi connectivity index (χ0n) is 13.6. The second kappa shape index (κ2) is 6.32. The van der Waals surface area contributed by atoms with Gasteiger partial charge in [-0.05, 0) is 30.3 Å². The SMILES string of the molecule is O=C(CCc1nc2ccccc2[nH]c1=O)Nc1ccc2[nH]c(=O)[nH]c2c1. The predicted octanol–water partition coefficient (Wildman–Crippen LogP) is 1.66. The van der Waals surface area contributed by atoms with Gasteiger partial charge in [0.05, 0.1) is 22.1 Å². The Morgan fingerprint density at radius 2 is 1.77 bits per heavy atom. The predicted molar refractivity (Wildman–Crippen MR) is 98.2 cm³/mol. The number of nitrogens with one attached hydrogen (secondary N) is 4. The summed E-state index contributed by atoms with van der Waals surface area (Å²) in [5.41, 5.74) is 2.93. The van der Waals surface area contributed by atoms with Crippen molar-refractivity contribution in [3.8, 4) is 0 Å². The number of aryl methyl sites for hydroxylation is 1. The van der Waals surface area contributed by atoms with Crippen LogP contribution in [0.1, 0.15) is 12.1 Å². The molecular weight excluding hydrogens is 334 g/mol. The minimum Gasteiger partial charge on any atom is -0.326 e. The summed E-state index contributed by atoms with van der Waals surface area (Å²) in [6.07, 6.45) is 0.353. The van der Waals surface area contributed by atoms with Gasteiger partial charge in [0.15, 0.2) is 0 Å². The number of aromatic amines is 3. The molecule has 0 bridgehead atoms. The minimum atomic E-state index is -0.301. The number of rotatable bonds is 4. The molecule has 0 saturated carbocycles. The number of amides is 1. The molecule has 4 aromatic rings. The first kappa shape index (κ1) is 15.8. The van der Waals surface area contributed by atoms with E-state index in [-0.39, 0.29) is 30.0 Å². The molecule has 0 radical (unpaired) electrons. The number of hydrogen-bond acceptors (Lipinski definition) is 4. The molecule has 4 rings (SSSR count). The molecule has 0 unspecified atom stereocenters. The van der Waals surface area contributed by atoms with Crippen LogP contribution in [0.3, 0.4) is 0 Å². The van der Waals surface area contributed by atoms with Crippen molar-refractivity contribution in [3.63, 3.8) is 0 Å². The molecule has 0 aliphatic rings. The zero-order chi connectivity index (χ0) is 18.1. The van der Waals surface area contributed by atoms with Crippen LogP contribution in [-0.2, 0) is 11.2 Å². The highest BCUT2D eigenvalue weighted by atomic mass is 16.2. The molecule has 8 heteroatoms. The van der Waals surface area contributed by atoms with Crippen LogP contribution >= 0.6 is 0 Å². The van der Waals surface area contributed by atoms with Crippen LogP contribution in [0.15, 0.2) is 52.1 Å². The van der Waals surface area contributed by atoms with Crippen LogP contribution in [0, 0.1) is 0 Å². The first-order chi connectivity index (χ1) is 12.6. The van der Waals surface area contributed by atoms with Crippen molar-refractivity contribution in [2.75, 3.05) is 5.32 Å². The van der Waals surface area contributed by atoms with Crippen LogP contribution < -0.4 is 16.6 Å². The summed E-state index contributed by atoms with van der Waals surface area (Å²) in [4.78, 5) is 47.9. The van der Waals surface area contributed by atoms with Gasteiger partial charge in [0, 0.05) is 18.5 Å². The summed E-state index contributed by atoms with van der Waals surface area (Å²) in [6.45, 7) is 0. The van der Waals surface area contributed by atoms with Crippen molar-refractivity contribution in [1.29, 1.82) is 0 Å². The molecular formula is C18H15N5O3. The maximum atomic E-state index is 12.2. The maximum absolute atomic E-state index is 12.2. The summed E-state index contributed by atoms with van der Waals surface area (Å²) in [5, 5.41) is 2.76. The number of carbonyl (C=O) groups excluding carboxylic acids is 1. The van der Waals surface area contributed by atoms with Gasteiger partial charge in [-0.2, -0.15) is 0 Å². The van der Waals surface area contributed by atoms with E-state index in [1.807, 2.05) is 18.2 Å². The number of benzene rings is 2. The molecule has 4 N–H and O–H groups in total. The molecule has 130 valence electrons. The van der Waals surface area contributed by atoms with E-state index < -0.39 is 0 Å². The number of hydrogen-bond donors (Lipinski definition) is 4. The number of para-hydroxylation sites is 2. The van der Waals surface area contributed by atoms with Gasteiger partial charge in [-0.25, -0.2) is 9.78 Å². The highest BCUT2D eigenvalue weighted by Gasteiger charge is 2.09. The molecule has 1 amide bonds. The van der Waals surface area contributed by atoms with Crippen LogP contribution in [0.4, 0.5) is 5.69 Å². The lowest BCUT2D eigenvalue weighted by atomic mass is 10.2. The lowest BCUT2D eigenvalue weighted by molar-refractivity contribution is -0.116. The second-order valence-electron chi connectivity index (χ2n) is 5.92. The molecule has 0 aliphatic carbocycles. The summed E-state index contributed by atoms with van der Waals surface area (Å²) >= 11 is 0. The van der Waals surface area contributed by atoms with Crippen molar-refractivity contribution >= 4 is 33.7 Å². The average Bonchev–Trinajstić information content (AvgIpc) is 2.99. The van der Waals surface area contributed by atoms with Gasteiger partial charge in [-0.3, -0.25) is 9.59 Å². The highest BCUT2D eigenvalue weighted by Crippen LogP contribution is 2.15. The molecule has 0 aliphatic heterocycles. The third kappa shape index (κ3) is 3.12. The van der Waals surface area contributed by atoms with Crippen LogP contribution in [0.5, 0.6) is 0 Å². The van der Waals surface area contributed by atoms with E-state index in [1.165, 1.54) is 0 Å². The third-order valence-electron chi connectivity index (χ3n) is 4.06. The minimum absolute atomic E-state index is 0.121. The summed E-state index contributed by atoms with van der Waals surface area (Å²) in [7, 11) is 0. The van der Waals surface area contributed by atoms with Gasteiger partial charge >= 0.3 is 5.69 Å². The van der Waals surface area contributed by atoms with Gasteiger partial charge in [-0.1, -0.05) is 12.1 Å². The fourth-order valence-corrected chi connectivity index (χ4v) is 2.80. The van der Waals surface area contributed by atoms with Crippen molar-refractivity contribution in [1.82, 2.24) is 19.9 Å². The number of nitrogens with zero attached hydrogens (tertiary/aromatic N) is 1.